The number of nitrogens with zero attached hydrogens (tertiary/aromatic N) is 1. The summed E-state index contributed by atoms with van der Waals surface area (Å²) in [6.07, 6.45) is 4.61. The first kappa shape index (κ1) is 15.7. The molecule has 0 atom stereocenters. The first-order valence-electron chi connectivity index (χ1n) is 8.42. The lowest BCUT2D eigenvalue weighted by Crippen LogP contribution is -2.28. The maximum absolute atomic E-state index is 14.0. The molecule has 4 rings (SSSR count). The van der Waals surface area contributed by atoms with Crippen molar-refractivity contribution in [1.82, 2.24) is 4.98 Å². The molecule has 2 fully saturated rings. The molecule has 0 aliphatic heterocycles. The van der Waals surface area contributed by atoms with Crippen LogP contribution in [0.2, 0.25) is 0 Å². The smallest absolute Gasteiger partial charge is 0.235 e. The Bertz CT molecular complexity index is 827. The molecule has 0 spiro atoms. The van der Waals surface area contributed by atoms with Gasteiger partial charge in [0.05, 0.1) is 17.3 Å². The van der Waals surface area contributed by atoms with Crippen LogP contribution in [0.3, 0.4) is 0 Å². The third-order valence-corrected chi connectivity index (χ3v) is 4.79. The Morgan fingerprint density at radius 3 is 2.44 bits per heavy atom. The second-order valence-corrected chi connectivity index (χ2v) is 6.71. The number of halogens is 1. The van der Waals surface area contributed by atoms with E-state index in [0.717, 1.165) is 12.8 Å². The fourth-order valence-corrected chi connectivity index (χ4v) is 2.96. The van der Waals surface area contributed by atoms with E-state index < -0.39 is 5.41 Å². The fraction of sp³-hybridized carbons (Fsp3) is 0.316. The Labute approximate surface area is 144 Å². The minimum atomic E-state index is -0.787. The highest BCUT2D eigenvalue weighted by atomic mass is 19.1. The molecule has 0 bridgehead atoms. The zero-order valence-electron chi connectivity index (χ0n) is 13.6. The van der Waals surface area contributed by atoms with Gasteiger partial charge in [0.15, 0.2) is 0 Å². The molecule has 1 aromatic carbocycles. The topological polar surface area (TPSA) is 71.1 Å². The maximum Gasteiger partial charge on any atom is 0.235 e. The quantitative estimate of drug-likeness (QED) is 0.878. The molecule has 0 saturated heterocycles. The highest BCUT2D eigenvalue weighted by molar-refractivity contribution is 6.01. The second-order valence-electron chi connectivity index (χ2n) is 6.71. The van der Waals surface area contributed by atoms with Gasteiger partial charge >= 0.3 is 0 Å². The number of rotatable bonds is 5. The SMILES string of the molecule is O=C(Nc1ccc(NC(=O)C2(c3ccccc3F)CC2)cn1)C1CC1. The van der Waals surface area contributed by atoms with E-state index in [1.165, 1.54) is 12.3 Å². The van der Waals surface area contributed by atoms with Gasteiger partial charge in [-0.1, -0.05) is 18.2 Å². The molecule has 2 aliphatic carbocycles. The highest BCUT2D eigenvalue weighted by Crippen LogP contribution is 2.49. The number of pyridine rings is 1. The van der Waals surface area contributed by atoms with E-state index in [4.69, 9.17) is 0 Å². The molecule has 2 saturated carbocycles. The fourth-order valence-electron chi connectivity index (χ4n) is 2.96. The molecule has 2 amide bonds. The molecular formula is C19H18FN3O2. The van der Waals surface area contributed by atoms with Gasteiger partial charge < -0.3 is 10.6 Å². The molecule has 1 heterocycles. The molecule has 5 nitrogen and oxygen atoms in total. The highest BCUT2D eigenvalue weighted by Gasteiger charge is 2.52. The van der Waals surface area contributed by atoms with Crippen molar-refractivity contribution in [3.63, 3.8) is 0 Å². The van der Waals surface area contributed by atoms with Crippen LogP contribution in [-0.4, -0.2) is 16.8 Å². The van der Waals surface area contributed by atoms with Crippen molar-refractivity contribution in [1.29, 1.82) is 0 Å². The first-order chi connectivity index (χ1) is 12.1. The summed E-state index contributed by atoms with van der Waals surface area (Å²) in [6.45, 7) is 0. The van der Waals surface area contributed by atoms with Crippen molar-refractivity contribution in [3.8, 4) is 0 Å². The summed E-state index contributed by atoms with van der Waals surface area (Å²) in [5.74, 6) is -0.0249. The second kappa shape index (κ2) is 5.95. The van der Waals surface area contributed by atoms with Gasteiger partial charge in [-0.2, -0.15) is 0 Å². The number of carbonyl (C=O) groups is 2. The van der Waals surface area contributed by atoms with Crippen molar-refractivity contribution in [2.75, 3.05) is 10.6 Å². The summed E-state index contributed by atoms with van der Waals surface area (Å²) >= 11 is 0. The molecule has 2 aromatic rings. The van der Waals surface area contributed by atoms with E-state index in [-0.39, 0.29) is 23.5 Å². The van der Waals surface area contributed by atoms with Crippen LogP contribution in [0, 0.1) is 11.7 Å². The molecule has 0 radical (unpaired) electrons. The average Bonchev–Trinajstić information content (AvgIpc) is 3.49. The summed E-state index contributed by atoms with van der Waals surface area (Å²) in [5, 5.41) is 5.55. The van der Waals surface area contributed by atoms with Crippen molar-refractivity contribution >= 4 is 23.3 Å². The van der Waals surface area contributed by atoms with Crippen molar-refractivity contribution in [2.24, 2.45) is 5.92 Å². The summed E-state index contributed by atoms with van der Waals surface area (Å²) in [6, 6.07) is 9.73. The summed E-state index contributed by atoms with van der Waals surface area (Å²) in [5.41, 5.74) is 0.176. The summed E-state index contributed by atoms with van der Waals surface area (Å²) in [7, 11) is 0. The minimum Gasteiger partial charge on any atom is -0.324 e. The zero-order chi connectivity index (χ0) is 17.4. The van der Waals surface area contributed by atoms with E-state index >= 15 is 0 Å². The van der Waals surface area contributed by atoms with Crippen LogP contribution in [0.15, 0.2) is 42.6 Å². The van der Waals surface area contributed by atoms with Gasteiger partial charge in [-0.3, -0.25) is 9.59 Å². The number of anilines is 2. The van der Waals surface area contributed by atoms with Crippen LogP contribution in [0.1, 0.15) is 31.2 Å². The van der Waals surface area contributed by atoms with E-state index in [0.29, 0.717) is 29.9 Å². The molecule has 1 aromatic heterocycles. The number of hydrogen-bond acceptors (Lipinski definition) is 3. The number of amides is 2. The molecule has 2 aliphatic rings. The third-order valence-electron chi connectivity index (χ3n) is 4.79. The number of carbonyl (C=O) groups excluding carboxylic acids is 2. The van der Waals surface area contributed by atoms with Gasteiger partial charge in [0.25, 0.3) is 0 Å². The zero-order valence-corrected chi connectivity index (χ0v) is 13.6. The lowest BCUT2D eigenvalue weighted by Gasteiger charge is -2.16. The van der Waals surface area contributed by atoms with Crippen LogP contribution in [0.25, 0.3) is 0 Å². The van der Waals surface area contributed by atoms with Gasteiger partial charge in [0, 0.05) is 11.5 Å². The largest absolute Gasteiger partial charge is 0.324 e. The van der Waals surface area contributed by atoms with Gasteiger partial charge in [-0.05, 0) is 43.9 Å². The maximum atomic E-state index is 14.0. The van der Waals surface area contributed by atoms with Gasteiger partial charge in [-0.25, -0.2) is 9.37 Å². The predicted molar refractivity (Wildman–Crippen MR) is 91.5 cm³/mol. The number of nitrogens with one attached hydrogen (secondary N) is 2. The average molecular weight is 339 g/mol. The van der Waals surface area contributed by atoms with Gasteiger partial charge in [-0.15, -0.1) is 0 Å². The van der Waals surface area contributed by atoms with E-state index in [1.54, 1.807) is 30.3 Å². The van der Waals surface area contributed by atoms with Gasteiger partial charge in [0.2, 0.25) is 11.8 Å². The normalized spacial score (nSPS) is 17.6. The predicted octanol–water partition coefficient (Wildman–Crippen LogP) is 3.24. The Morgan fingerprint density at radius 2 is 1.84 bits per heavy atom. The molecular weight excluding hydrogens is 321 g/mol. The first-order valence-corrected chi connectivity index (χ1v) is 8.42. The Hall–Kier alpha value is -2.76. The van der Waals surface area contributed by atoms with Crippen molar-refractivity contribution in [2.45, 2.75) is 31.1 Å². The van der Waals surface area contributed by atoms with E-state index in [1.807, 2.05) is 0 Å². The molecule has 2 N–H and O–H groups in total. The summed E-state index contributed by atoms with van der Waals surface area (Å²) in [4.78, 5) is 28.5. The van der Waals surface area contributed by atoms with Crippen molar-refractivity contribution < 1.29 is 14.0 Å². The molecule has 0 unspecified atom stereocenters. The Kier molecular flexibility index (Phi) is 3.75. The van der Waals surface area contributed by atoms with Crippen LogP contribution >= 0.6 is 0 Å². The molecule has 128 valence electrons. The van der Waals surface area contributed by atoms with Crippen molar-refractivity contribution in [3.05, 3.63) is 54.0 Å². The molecule has 6 heteroatoms. The standard InChI is InChI=1S/C19H18FN3O2/c20-15-4-2-1-3-14(15)19(9-10-19)18(25)22-13-7-8-16(21-11-13)23-17(24)12-5-6-12/h1-4,7-8,11-12H,5-6,9-10H2,(H,22,25)(H,21,23,24). The minimum absolute atomic E-state index is 0.0132. The Morgan fingerprint density at radius 1 is 1.08 bits per heavy atom. The number of benzene rings is 1. The van der Waals surface area contributed by atoms with Gasteiger partial charge in [0.1, 0.15) is 11.6 Å². The number of hydrogen-bond donors (Lipinski definition) is 2. The molecule has 25 heavy (non-hydrogen) atoms. The van der Waals surface area contributed by atoms with E-state index in [2.05, 4.69) is 15.6 Å². The van der Waals surface area contributed by atoms with E-state index in [9.17, 15) is 14.0 Å². The third kappa shape index (κ3) is 3.12. The van der Waals surface area contributed by atoms with Crippen LogP contribution < -0.4 is 10.6 Å². The van der Waals surface area contributed by atoms with Crippen LogP contribution in [0.4, 0.5) is 15.9 Å². The number of aromatic nitrogens is 1. The monoisotopic (exact) mass is 339 g/mol. The van der Waals surface area contributed by atoms with Crippen LogP contribution in [0.5, 0.6) is 0 Å². The Balaban J connectivity index is 1.44. The summed E-state index contributed by atoms with van der Waals surface area (Å²) < 4.78 is 14.0. The van der Waals surface area contributed by atoms with Crippen LogP contribution in [-0.2, 0) is 15.0 Å². The lowest BCUT2D eigenvalue weighted by molar-refractivity contribution is -0.119. The lowest BCUT2D eigenvalue weighted by atomic mass is 9.94.